The Morgan fingerprint density at radius 1 is 1.18 bits per heavy atom. The molecule has 4 rings (SSSR count). The lowest BCUT2D eigenvalue weighted by Crippen LogP contribution is -2.27. The molecule has 3 N–H and O–H groups in total. The zero-order valence-corrected chi connectivity index (χ0v) is 17.3. The molecule has 4 nitrogen and oxygen atoms in total. The minimum atomic E-state index is -0.908. The number of pyridine rings is 1. The molecular formula is C23H28N2O2S. The number of para-hydroxylation sites is 1. The van der Waals surface area contributed by atoms with Crippen LogP contribution < -0.4 is 5.73 Å². The Morgan fingerprint density at radius 3 is 2.46 bits per heavy atom. The Morgan fingerprint density at radius 2 is 1.89 bits per heavy atom. The highest BCUT2D eigenvalue weighted by atomic mass is 32.1. The predicted octanol–water partition coefficient (Wildman–Crippen LogP) is 5.88. The lowest BCUT2D eigenvalue weighted by Gasteiger charge is -2.24. The van der Waals surface area contributed by atoms with Crippen molar-refractivity contribution in [3.8, 4) is 10.6 Å². The summed E-state index contributed by atoms with van der Waals surface area (Å²) in [6, 6.07) is 11.7. The summed E-state index contributed by atoms with van der Waals surface area (Å²) in [5.41, 5.74) is 8.30. The van der Waals surface area contributed by atoms with Crippen molar-refractivity contribution in [2.45, 2.75) is 52.0 Å². The van der Waals surface area contributed by atoms with Gasteiger partial charge in [0.1, 0.15) is 0 Å². The van der Waals surface area contributed by atoms with Crippen molar-refractivity contribution in [2.24, 2.45) is 11.7 Å². The molecule has 148 valence electrons. The lowest BCUT2D eigenvalue weighted by atomic mass is 9.85. The summed E-state index contributed by atoms with van der Waals surface area (Å²) >= 11 is 1.56. The molecule has 0 amide bonds. The van der Waals surface area contributed by atoms with Crippen LogP contribution in [-0.2, 0) is 0 Å². The Kier molecular flexibility index (Phi) is 6.81. The quantitative estimate of drug-likeness (QED) is 0.579. The second kappa shape index (κ2) is 9.30. The predicted molar refractivity (Wildman–Crippen MR) is 117 cm³/mol. The summed E-state index contributed by atoms with van der Waals surface area (Å²) in [5, 5.41) is 12.1. The number of hydrogen-bond acceptors (Lipinski definition) is 4. The van der Waals surface area contributed by atoms with Crippen LogP contribution in [0.4, 0.5) is 0 Å². The smallest absolute Gasteiger partial charge is 0.336 e. The van der Waals surface area contributed by atoms with Gasteiger partial charge in [-0.15, -0.1) is 11.3 Å². The van der Waals surface area contributed by atoms with E-state index in [9.17, 15) is 9.90 Å². The second-order valence-corrected chi connectivity index (χ2v) is 8.46. The molecule has 0 bridgehead atoms. The molecule has 2 heterocycles. The molecule has 0 radical (unpaired) electrons. The van der Waals surface area contributed by atoms with Gasteiger partial charge in [-0.3, -0.25) is 0 Å². The first-order valence-corrected chi connectivity index (χ1v) is 10.8. The van der Waals surface area contributed by atoms with Crippen LogP contribution in [0, 0.1) is 12.8 Å². The van der Waals surface area contributed by atoms with E-state index in [1.54, 1.807) is 17.4 Å². The monoisotopic (exact) mass is 396 g/mol. The molecule has 0 saturated heterocycles. The van der Waals surface area contributed by atoms with E-state index in [1.807, 2.05) is 42.6 Å². The second-order valence-electron chi connectivity index (χ2n) is 7.52. The zero-order valence-electron chi connectivity index (χ0n) is 16.5. The van der Waals surface area contributed by atoms with Crippen LogP contribution in [0.25, 0.3) is 21.5 Å². The van der Waals surface area contributed by atoms with Crippen molar-refractivity contribution in [1.29, 1.82) is 0 Å². The SMILES string of the molecule is C[C@H](N)C1CCCCC1.Cc1c(-c2cccs2)nc2ccccc2c1C(=O)O. The third-order valence-corrected chi connectivity index (χ3v) is 6.37. The van der Waals surface area contributed by atoms with E-state index in [1.165, 1.54) is 32.1 Å². The van der Waals surface area contributed by atoms with Crippen LogP contribution in [0.15, 0.2) is 41.8 Å². The molecular weight excluding hydrogens is 368 g/mol. The fraction of sp³-hybridized carbons (Fsp3) is 0.391. The average Bonchev–Trinajstić information content (AvgIpc) is 3.23. The van der Waals surface area contributed by atoms with E-state index >= 15 is 0 Å². The summed E-state index contributed by atoms with van der Waals surface area (Å²) < 4.78 is 0. The number of thiophene rings is 1. The maximum absolute atomic E-state index is 11.5. The van der Waals surface area contributed by atoms with Gasteiger partial charge < -0.3 is 10.8 Å². The average molecular weight is 397 g/mol. The number of carbonyl (C=O) groups is 1. The Bertz CT molecular complexity index is 929. The van der Waals surface area contributed by atoms with Crippen molar-refractivity contribution in [1.82, 2.24) is 4.98 Å². The van der Waals surface area contributed by atoms with Crippen molar-refractivity contribution >= 4 is 28.2 Å². The van der Waals surface area contributed by atoms with Gasteiger partial charge in [0, 0.05) is 11.4 Å². The Hall–Kier alpha value is -2.24. The number of fused-ring (bicyclic) bond motifs is 1. The molecule has 0 unspecified atom stereocenters. The number of carboxylic acids is 1. The first-order chi connectivity index (χ1) is 13.5. The molecule has 5 heteroatoms. The van der Waals surface area contributed by atoms with Crippen molar-refractivity contribution < 1.29 is 9.90 Å². The lowest BCUT2D eigenvalue weighted by molar-refractivity contribution is 0.0698. The van der Waals surface area contributed by atoms with Gasteiger partial charge in [0.15, 0.2) is 0 Å². The van der Waals surface area contributed by atoms with Gasteiger partial charge in [-0.1, -0.05) is 43.5 Å². The number of aromatic nitrogens is 1. The fourth-order valence-corrected chi connectivity index (χ4v) is 4.67. The summed E-state index contributed by atoms with van der Waals surface area (Å²) in [6.45, 7) is 3.95. The number of hydrogen-bond donors (Lipinski definition) is 2. The standard InChI is InChI=1S/C15H11NO2S.C8H17N/c1-9-13(15(17)18)10-5-2-3-6-11(10)16-14(9)12-7-4-8-19-12;1-7(9)8-5-3-2-4-6-8/h2-8H,1H3,(H,17,18);7-8H,2-6,9H2,1H3/t;7-/m.0/s1. The van der Waals surface area contributed by atoms with Crippen LogP contribution >= 0.6 is 11.3 Å². The van der Waals surface area contributed by atoms with E-state index in [-0.39, 0.29) is 0 Å². The van der Waals surface area contributed by atoms with Crippen LogP contribution in [0.2, 0.25) is 0 Å². The highest BCUT2D eigenvalue weighted by Crippen LogP contribution is 2.32. The number of aromatic carboxylic acids is 1. The normalized spacial score (nSPS) is 15.7. The van der Waals surface area contributed by atoms with Gasteiger partial charge in [-0.2, -0.15) is 0 Å². The maximum Gasteiger partial charge on any atom is 0.336 e. The number of benzene rings is 1. The number of nitrogens with zero attached hydrogens (tertiary/aromatic N) is 1. The molecule has 3 aromatic rings. The molecule has 28 heavy (non-hydrogen) atoms. The minimum absolute atomic E-state index is 0.342. The van der Waals surface area contributed by atoms with Crippen LogP contribution in [-0.4, -0.2) is 22.1 Å². The summed E-state index contributed by atoms with van der Waals surface area (Å²) in [7, 11) is 0. The molecule has 1 atom stereocenters. The summed E-state index contributed by atoms with van der Waals surface area (Å²) in [6.07, 6.45) is 7.00. The number of carboxylic acid groups (broad SMARTS) is 1. The first kappa shape index (κ1) is 20.5. The molecule has 1 fully saturated rings. The summed E-state index contributed by atoms with van der Waals surface area (Å²) in [5.74, 6) is -0.0762. The van der Waals surface area contributed by atoms with Crippen molar-refractivity contribution in [3.63, 3.8) is 0 Å². The highest BCUT2D eigenvalue weighted by Gasteiger charge is 2.18. The first-order valence-electron chi connectivity index (χ1n) is 9.91. The fourth-order valence-electron chi connectivity index (χ4n) is 3.90. The molecule has 0 aliphatic heterocycles. The van der Waals surface area contributed by atoms with Crippen LogP contribution in [0.1, 0.15) is 54.9 Å². The third-order valence-electron chi connectivity index (χ3n) is 5.50. The Labute approximate surface area is 170 Å². The van der Waals surface area contributed by atoms with Gasteiger partial charge in [-0.05, 0) is 55.7 Å². The van der Waals surface area contributed by atoms with Crippen molar-refractivity contribution in [3.05, 3.63) is 52.9 Å². The van der Waals surface area contributed by atoms with Gasteiger partial charge in [0.05, 0.1) is 21.7 Å². The van der Waals surface area contributed by atoms with E-state index < -0.39 is 5.97 Å². The van der Waals surface area contributed by atoms with E-state index in [0.717, 1.165) is 16.5 Å². The minimum Gasteiger partial charge on any atom is -0.478 e. The number of nitrogens with two attached hydrogens (primary N) is 1. The maximum atomic E-state index is 11.5. The number of rotatable bonds is 3. The van der Waals surface area contributed by atoms with E-state index in [2.05, 4.69) is 11.9 Å². The highest BCUT2D eigenvalue weighted by molar-refractivity contribution is 7.13. The van der Waals surface area contributed by atoms with E-state index in [0.29, 0.717) is 28.1 Å². The van der Waals surface area contributed by atoms with Crippen molar-refractivity contribution in [2.75, 3.05) is 0 Å². The Balaban J connectivity index is 0.000000211. The largest absolute Gasteiger partial charge is 0.478 e. The molecule has 1 aliphatic carbocycles. The molecule has 2 aromatic heterocycles. The zero-order chi connectivity index (χ0) is 20.1. The third kappa shape index (κ3) is 4.59. The molecule has 1 aromatic carbocycles. The molecule has 0 spiro atoms. The summed E-state index contributed by atoms with van der Waals surface area (Å²) in [4.78, 5) is 17.1. The van der Waals surface area contributed by atoms with Gasteiger partial charge >= 0.3 is 5.97 Å². The van der Waals surface area contributed by atoms with E-state index in [4.69, 9.17) is 5.73 Å². The molecule has 1 aliphatic rings. The van der Waals surface area contributed by atoms with Gasteiger partial charge in [0.2, 0.25) is 0 Å². The topological polar surface area (TPSA) is 76.2 Å². The van der Waals surface area contributed by atoms with Crippen LogP contribution in [0.3, 0.4) is 0 Å². The van der Waals surface area contributed by atoms with Gasteiger partial charge in [0.25, 0.3) is 0 Å². The van der Waals surface area contributed by atoms with Gasteiger partial charge in [-0.25, -0.2) is 9.78 Å². The molecule has 1 saturated carbocycles. The van der Waals surface area contributed by atoms with Crippen LogP contribution in [0.5, 0.6) is 0 Å².